The lowest BCUT2D eigenvalue weighted by molar-refractivity contribution is 0.193. The van der Waals surface area contributed by atoms with Crippen LogP contribution >= 0.6 is 11.8 Å². The molecule has 0 atom stereocenters. The van der Waals surface area contributed by atoms with Crippen LogP contribution in [0.25, 0.3) is 0 Å². The molecule has 4 nitrogen and oxygen atoms in total. The van der Waals surface area contributed by atoms with E-state index in [2.05, 4.69) is 0 Å². The van der Waals surface area contributed by atoms with E-state index in [1.807, 2.05) is 44.2 Å². The normalized spacial score (nSPS) is 16.9. The van der Waals surface area contributed by atoms with Gasteiger partial charge in [-0.2, -0.15) is 0 Å². The van der Waals surface area contributed by atoms with Crippen LogP contribution in [0.3, 0.4) is 0 Å². The van der Waals surface area contributed by atoms with Gasteiger partial charge in [-0.1, -0.05) is 18.2 Å². The largest absolute Gasteiger partial charge is 0.332 e. The molecule has 90 valence electrons. The minimum absolute atomic E-state index is 0.117. The third-order valence-electron chi connectivity index (χ3n) is 2.54. The van der Waals surface area contributed by atoms with Gasteiger partial charge in [0.15, 0.2) is 0 Å². The number of nitrogens with zero attached hydrogens (tertiary/aromatic N) is 2. The number of rotatable bonds is 2. The molecule has 1 aromatic carbocycles. The van der Waals surface area contributed by atoms with Crippen LogP contribution < -0.4 is 4.90 Å². The summed E-state index contributed by atoms with van der Waals surface area (Å²) in [6.45, 7) is 3.68. The molecule has 0 saturated carbocycles. The predicted molar refractivity (Wildman–Crippen MR) is 69.1 cm³/mol. The van der Waals surface area contributed by atoms with Crippen molar-refractivity contribution in [3.8, 4) is 0 Å². The molecule has 1 heterocycles. The Morgan fingerprint density at radius 3 is 2.41 bits per heavy atom. The topological polar surface area (TPSA) is 40.6 Å². The van der Waals surface area contributed by atoms with Crippen LogP contribution in [0.1, 0.15) is 13.8 Å². The highest BCUT2D eigenvalue weighted by Crippen LogP contribution is 2.27. The Morgan fingerprint density at radius 1 is 1.18 bits per heavy atom. The van der Waals surface area contributed by atoms with E-state index in [1.54, 1.807) is 4.90 Å². The molecule has 1 aliphatic rings. The molecule has 5 heteroatoms. The van der Waals surface area contributed by atoms with E-state index < -0.39 is 0 Å². The molecule has 0 unspecified atom stereocenters. The Bertz CT molecular complexity index is 433. The number of thioether (sulfide) groups is 1. The molecule has 1 aliphatic heterocycles. The van der Waals surface area contributed by atoms with Gasteiger partial charge in [-0.3, -0.25) is 14.6 Å². The summed E-state index contributed by atoms with van der Waals surface area (Å²) in [4.78, 5) is 26.8. The maximum Gasteiger partial charge on any atom is 0.332 e. The molecule has 0 aliphatic carbocycles. The van der Waals surface area contributed by atoms with Gasteiger partial charge in [-0.05, 0) is 37.7 Å². The lowest BCUT2D eigenvalue weighted by atomic mass is 10.3. The predicted octanol–water partition coefficient (Wildman–Crippen LogP) is 3.15. The van der Waals surface area contributed by atoms with Crippen LogP contribution in [-0.4, -0.2) is 28.1 Å². The zero-order valence-corrected chi connectivity index (χ0v) is 10.6. The highest BCUT2D eigenvalue weighted by atomic mass is 32.2. The Hall–Kier alpha value is -1.49. The number of amides is 3. The average molecular weight is 250 g/mol. The molecule has 2 rings (SSSR count). The Labute approximate surface area is 105 Å². The van der Waals surface area contributed by atoms with Crippen molar-refractivity contribution in [2.45, 2.75) is 19.9 Å². The Kier molecular flexibility index (Phi) is 3.38. The minimum atomic E-state index is -0.241. The zero-order chi connectivity index (χ0) is 12.4. The van der Waals surface area contributed by atoms with Gasteiger partial charge in [0.05, 0.1) is 5.88 Å². The summed E-state index contributed by atoms with van der Waals surface area (Å²) in [5.41, 5.74) is 0.822. The van der Waals surface area contributed by atoms with Crippen LogP contribution in [0.5, 0.6) is 0 Å². The number of hydrogen-bond acceptors (Lipinski definition) is 3. The summed E-state index contributed by atoms with van der Waals surface area (Å²) in [5, 5.41) is -0.169. The monoisotopic (exact) mass is 250 g/mol. The van der Waals surface area contributed by atoms with Crippen LogP contribution in [0.15, 0.2) is 30.3 Å². The van der Waals surface area contributed by atoms with E-state index >= 15 is 0 Å². The molecule has 1 saturated heterocycles. The molecule has 1 aromatic rings. The number of imide groups is 1. The summed E-state index contributed by atoms with van der Waals surface area (Å²) in [6.07, 6.45) is 0. The molecular formula is C12H14N2O2S. The second-order valence-corrected chi connectivity index (χ2v) is 4.95. The average Bonchev–Trinajstić information content (AvgIpc) is 2.30. The summed E-state index contributed by atoms with van der Waals surface area (Å²) < 4.78 is 0. The maximum absolute atomic E-state index is 12.2. The standard InChI is InChI=1S/C12H14N2O2S/c1-9(2)14-11(15)13(8-17-12(14)16)10-6-4-3-5-7-10/h3-7,9H,8H2,1-2H3. The molecule has 0 bridgehead atoms. The summed E-state index contributed by atoms with van der Waals surface area (Å²) in [5.74, 6) is 0.380. The zero-order valence-electron chi connectivity index (χ0n) is 9.79. The van der Waals surface area contributed by atoms with Gasteiger partial charge in [-0.25, -0.2) is 4.79 Å². The molecule has 0 aromatic heterocycles. The van der Waals surface area contributed by atoms with Crippen molar-refractivity contribution in [2.24, 2.45) is 0 Å². The third-order valence-corrected chi connectivity index (χ3v) is 3.37. The summed E-state index contributed by atoms with van der Waals surface area (Å²) in [6, 6.07) is 9.03. The van der Waals surface area contributed by atoms with Crippen molar-refractivity contribution < 1.29 is 9.59 Å². The van der Waals surface area contributed by atoms with Crippen molar-refractivity contribution in [3.05, 3.63) is 30.3 Å². The summed E-state index contributed by atoms with van der Waals surface area (Å²) >= 11 is 1.15. The molecular weight excluding hydrogens is 236 g/mol. The van der Waals surface area contributed by atoms with Crippen LogP contribution in [0, 0.1) is 0 Å². The minimum Gasteiger partial charge on any atom is -0.284 e. The van der Waals surface area contributed by atoms with Gasteiger partial charge in [0.2, 0.25) is 0 Å². The molecule has 1 fully saturated rings. The number of urea groups is 1. The fourth-order valence-corrected chi connectivity index (χ4v) is 2.60. The third kappa shape index (κ3) is 2.29. The highest BCUT2D eigenvalue weighted by molar-refractivity contribution is 8.13. The number of anilines is 1. The quantitative estimate of drug-likeness (QED) is 0.809. The van der Waals surface area contributed by atoms with Crippen molar-refractivity contribution in [2.75, 3.05) is 10.8 Å². The van der Waals surface area contributed by atoms with Gasteiger partial charge in [-0.15, -0.1) is 0 Å². The number of carbonyl (C=O) groups excluding carboxylic acids is 2. The van der Waals surface area contributed by atoms with Gasteiger partial charge in [0.1, 0.15) is 0 Å². The first-order valence-electron chi connectivity index (χ1n) is 5.44. The van der Waals surface area contributed by atoms with E-state index in [-0.39, 0.29) is 17.3 Å². The Morgan fingerprint density at radius 2 is 1.82 bits per heavy atom. The molecule has 0 radical (unpaired) electrons. The first kappa shape index (κ1) is 12.0. The summed E-state index contributed by atoms with van der Waals surface area (Å²) in [7, 11) is 0. The van der Waals surface area contributed by atoms with E-state index in [1.165, 1.54) is 4.90 Å². The molecule has 0 N–H and O–H groups in total. The lowest BCUT2D eigenvalue weighted by Gasteiger charge is -2.35. The SMILES string of the molecule is CC(C)N1C(=O)SCN(c2ccccc2)C1=O. The van der Waals surface area contributed by atoms with Crippen molar-refractivity contribution in [1.29, 1.82) is 0 Å². The second kappa shape index (κ2) is 4.79. The van der Waals surface area contributed by atoms with Gasteiger partial charge in [0, 0.05) is 11.7 Å². The van der Waals surface area contributed by atoms with E-state index in [0.717, 1.165) is 17.4 Å². The van der Waals surface area contributed by atoms with Crippen LogP contribution in [0.2, 0.25) is 0 Å². The first-order chi connectivity index (χ1) is 8.11. The number of benzene rings is 1. The lowest BCUT2D eigenvalue weighted by Crippen LogP contribution is -2.52. The molecule has 0 spiro atoms. The first-order valence-corrected chi connectivity index (χ1v) is 6.42. The van der Waals surface area contributed by atoms with E-state index in [4.69, 9.17) is 0 Å². The van der Waals surface area contributed by atoms with Crippen molar-refractivity contribution >= 4 is 28.7 Å². The van der Waals surface area contributed by atoms with E-state index in [9.17, 15) is 9.59 Å². The highest BCUT2D eigenvalue weighted by Gasteiger charge is 2.34. The smallest absolute Gasteiger partial charge is 0.284 e. The Balaban J connectivity index is 2.27. The number of carbonyl (C=O) groups is 2. The van der Waals surface area contributed by atoms with Gasteiger partial charge >= 0.3 is 6.03 Å². The fourth-order valence-electron chi connectivity index (χ4n) is 1.68. The van der Waals surface area contributed by atoms with Crippen LogP contribution in [-0.2, 0) is 0 Å². The van der Waals surface area contributed by atoms with Gasteiger partial charge < -0.3 is 0 Å². The van der Waals surface area contributed by atoms with Crippen molar-refractivity contribution in [3.63, 3.8) is 0 Å². The van der Waals surface area contributed by atoms with E-state index in [0.29, 0.717) is 5.88 Å². The molecule has 3 amide bonds. The number of hydrogen-bond donors (Lipinski definition) is 0. The maximum atomic E-state index is 12.2. The molecule has 17 heavy (non-hydrogen) atoms. The van der Waals surface area contributed by atoms with Crippen LogP contribution in [0.4, 0.5) is 15.3 Å². The van der Waals surface area contributed by atoms with Gasteiger partial charge in [0.25, 0.3) is 5.24 Å². The fraction of sp³-hybridized carbons (Fsp3) is 0.333. The van der Waals surface area contributed by atoms with Crippen molar-refractivity contribution in [1.82, 2.24) is 4.90 Å². The second-order valence-electron chi connectivity index (χ2n) is 4.05. The number of para-hydroxylation sites is 1.